The molecule has 4 amide bonds. The largest absolute Gasteiger partial charge is 0.493 e. The van der Waals surface area contributed by atoms with Crippen molar-refractivity contribution in [1.29, 1.82) is 0 Å². The van der Waals surface area contributed by atoms with Crippen LogP contribution >= 0.6 is 0 Å². The van der Waals surface area contributed by atoms with Crippen molar-refractivity contribution in [3.63, 3.8) is 0 Å². The number of nitrogens with zero attached hydrogens (tertiary/aromatic N) is 4. The predicted octanol–water partition coefficient (Wildman–Crippen LogP) is 10.7. The van der Waals surface area contributed by atoms with Crippen LogP contribution in [-0.2, 0) is 47.7 Å². The van der Waals surface area contributed by atoms with Crippen LogP contribution < -0.4 is 33.9 Å². The topological polar surface area (TPSA) is 211 Å². The van der Waals surface area contributed by atoms with E-state index in [1.807, 2.05) is 48.0 Å². The van der Waals surface area contributed by atoms with Crippen molar-refractivity contribution in [1.82, 2.24) is 20.1 Å². The number of hydrogen-bond acceptors (Lipinski definition) is 15. The highest BCUT2D eigenvalue weighted by Gasteiger charge is 2.60. The fraction of sp³-hybridized carbons (Fsp3) is 0.500. The van der Waals surface area contributed by atoms with E-state index in [1.54, 1.807) is 69.8 Å². The zero-order chi connectivity index (χ0) is 61.8. The van der Waals surface area contributed by atoms with Crippen LogP contribution in [-0.4, -0.2) is 131 Å². The minimum Gasteiger partial charge on any atom is -0.493 e. The molecule has 0 radical (unpaired) electrons. The fourth-order valence-electron chi connectivity index (χ4n) is 11.5. The standard InChI is InChI=1S/C66H83N5O14Si/c1-13-25-83-59(73)33-48(40(2)3)60(74)68-41(4)53(72)28-42-15-17-43(18-16-42)38-84-64(77)71-51-34-57(55(79-9)32-50(51)62(76)70-39-66(23-24-66)35-52(70)63(71)85-86(11,12)65(5,6)7)82-27-14-26-81-56-30-44-19-21-47-29-46(45-20-22-58(80-10)67-36-45)37-69(47)61(75)49(44)31-54(56)78-8/h13,15-18,20,22,30-32,34,36-37,40-41,47-48,52,63H,1,14,19,21,23-29,33,35,38-39H2,2-12H3,(H,68,74)/t41-,47+,48-,52-,63?/m0/s1. The van der Waals surface area contributed by atoms with Gasteiger partial charge in [-0.1, -0.05) is 71.5 Å². The second kappa shape index (κ2) is 26.1. The molecule has 5 atom stereocenters. The number of aromatic nitrogens is 1. The number of benzene rings is 3. The number of fused-ring (bicyclic) bond motifs is 4. The first-order chi connectivity index (χ1) is 41.0. The lowest BCUT2D eigenvalue weighted by molar-refractivity contribution is -0.146. The van der Waals surface area contributed by atoms with Gasteiger partial charge in [0.25, 0.3) is 11.8 Å². The van der Waals surface area contributed by atoms with Gasteiger partial charge in [0.1, 0.15) is 13.2 Å². The number of rotatable bonds is 24. The number of ether oxygens (including phenoxy) is 7. The molecule has 460 valence electrons. The molecule has 9 rings (SSSR count). The maximum atomic E-state index is 15.2. The summed E-state index contributed by atoms with van der Waals surface area (Å²) in [6.07, 6.45) is 8.61. The van der Waals surface area contributed by atoms with E-state index in [0.29, 0.717) is 77.8 Å². The Morgan fingerprint density at radius 1 is 0.849 bits per heavy atom. The summed E-state index contributed by atoms with van der Waals surface area (Å²) in [5.41, 5.74) is 5.25. The van der Waals surface area contributed by atoms with E-state index in [4.69, 9.17) is 37.6 Å². The van der Waals surface area contributed by atoms with Crippen LogP contribution in [0.1, 0.15) is 129 Å². The highest BCUT2D eigenvalue weighted by Crippen LogP contribution is 2.58. The van der Waals surface area contributed by atoms with Crippen LogP contribution in [0.25, 0.3) is 5.57 Å². The summed E-state index contributed by atoms with van der Waals surface area (Å²) in [7, 11) is 1.96. The van der Waals surface area contributed by atoms with Gasteiger partial charge in [-0.2, -0.15) is 0 Å². The lowest BCUT2D eigenvalue weighted by atomic mass is 9.91. The van der Waals surface area contributed by atoms with Crippen molar-refractivity contribution < 1.29 is 66.4 Å². The number of methoxy groups -OCH3 is 3. The minimum atomic E-state index is -2.68. The normalized spacial score (nSPS) is 19.2. The molecule has 5 heterocycles. The summed E-state index contributed by atoms with van der Waals surface area (Å²) in [5, 5.41) is 2.52. The Kier molecular flexibility index (Phi) is 19.1. The van der Waals surface area contributed by atoms with Crippen molar-refractivity contribution in [3.8, 4) is 28.9 Å². The number of aryl methyl sites for hydroxylation is 1. The van der Waals surface area contributed by atoms with Crippen molar-refractivity contribution in [3.05, 3.63) is 119 Å². The molecule has 1 aliphatic carbocycles. The first-order valence-corrected chi connectivity index (χ1v) is 32.7. The molecule has 3 aromatic carbocycles. The molecular formula is C66H83N5O14Si. The SMILES string of the molecule is C=CCOC(=O)C[C@H](C(=O)N[C@@H](C)C(=O)Cc1ccc(COC(=O)N2c3cc(OCCCOc4cc5c(cc4OC)C(=O)N4C=C(c6ccc(OC)nc6)C[C@H]4CC5)c(OC)cc3C(=O)N3CC4(CC4)C[C@H]3C2O[Si](C)(C)C(C)(C)C)cc1)C(C)C. The Morgan fingerprint density at radius 3 is 2.14 bits per heavy atom. The Morgan fingerprint density at radius 2 is 1.52 bits per heavy atom. The van der Waals surface area contributed by atoms with E-state index in [0.717, 1.165) is 36.0 Å². The van der Waals surface area contributed by atoms with Crippen LogP contribution in [0.3, 0.4) is 0 Å². The van der Waals surface area contributed by atoms with Gasteiger partial charge in [-0.05, 0) is 127 Å². The van der Waals surface area contributed by atoms with E-state index in [-0.39, 0.29) is 90.5 Å². The molecule has 0 bridgehead atoms. The van der Waals surface area contributed by atoms with E-state index in [2.05, 4.69) is 50.7 Å². The number of carbonyl (C=O) groups excluding carboxylic acids is 6. The van der Waals surface area contributed by atoms with Crippen LogP contribution in [0.4, 0.5) is 10.5 Å². The van der Waals surface area contributed by atoms with Crippen molar-refractivity contribution in [2.75, 3.05) is 52.6 Å². The molecule has 1 saturated heterocycles. The number of pyridine rings is 1. The maximum Gasteiger partial charge on any atom is 0.416 e. The van der Waals surface area contributed by atoms with E-state index in [9.17, 15) is 19.2 Å². The number of Topliss-reactive ketones (excluding diaryl/α,β-unsaturated/α-hetero) is 1. The molecule has 20 heteroatoms. The Labute approximate surface area is 505 Å². The summed E-state index contributed by atoms with van der Waals surface area (Å²) < 4.78 is 48.4. The van der Waals surface area contributed by atoms with Gasteiger partial charge in [-0.3, -0.25) is 24.0 Å². The number of esters is 1. The van der Waals surface area contributed by atoms with Gasteiger partial charge in [0, 0.05) is 55.5 Å². The van der Waals surface area contributed by atoms with Gasteiger partial charge >= 0.3 is 12.1 Å². The number of carbonyl (C=O) groups is 6. The average molecular weight is 1200 g/mol. The number of nitrogens with one attached hydrogen (secondary N) is 1. The quantitative estimate of drug-likeness (QED) is 0.0299. The molecule has 1 aromatic heterocycles. The highest BCUT2D eigenvalue weighted by atomic mass is 28.4. The Hall–Kier alpha value is -7.71. The number of amides is 4. The van der Waals surface area contributed by atoms with Crippen molar-refractivity contribution in [2.45, 2.75) is 148 Å². The third-order valence-electron chi connectivity index (χ3n) is 17.9. The second-order valence-electron chi connectivity index (χ2n) is 25.2. The first-order valence-electron chi connectivity index (χ1n) is 29.8. The molecule has 86 heavy (non-hydrogen) atoms. The molecule has 4 aliphatic heterocycles. The molecule has 2 fully saturated rings. The third kappa shape index (κ3) is 13.8. The fourth-order valence-corrected chi connectivity index (χ4v) is 12.7. The molecule has 19 nitrogen and oxygen atoms in total. The number of ketones is 1. The van der Waals surface area contributed by atoms with Crippen molar-refractivity contribution in [2.24, 2.45) is 17.3 Å². The summed E-state index contributed by atoms with van der Waals surface area (Å²) in [4.78, 5) is 92.9. The Bertz CT molecular complexity index is 3240. The zero-order valence-corrected chi connectivity index (χ0v) is 52.6. The van der Waals surface area contributed by atoms with Crippen LogP contribution in [0, 0.1) is 17.3 Å². The third-order valence-corrected chi connectivity index (χ3v) is 22.3. The average Bonchev–Trinajstić information content (AvgIpc) is 1.63. The van der Waals surface area contributed by atoms with Crippen LogP contribution in [0.15, 0.2) is 85.7 Å². The van der Waals surface area contributed by atoms with Gasteiger partial charge in [0.05, 0.1) is 70.2 Å². The van der Waals surface area contributed by atoms with Crippen molar-refractivity contribution >= 4 is 55.1 Å². The minimum absolute atomic E-state index is 0.00227. The molecule has 4 aromatic rings. The lowest BCUT2D eigenvalue weighted by Gasteiger charge is -2.44. The Balaban J connectivity index is 0.904. The van der Waals surface area contributed by atoms with E-state index >= 15 is 9.59 Å². The summed E-state index contributed by atoms with van der Waals surface area (Å²) in [6.45, 7) is 20.4. The van der Waals surface area contributed by atoms with Gasteiger partial charge < -0.3 is 52.7 Å². The smallest absolute Gasteiger partial charge is 0.416 e. The summed E-state index contributed by atoms with van der Waals surface area (Å²) >= 11 is 0. The molecule has 1 saturated carbocycles. The summed E-state index contributed by atoms with van der Waals surface area (Å²) in [5.74, 6) is -0.257. The van der Waals surface area contributed by atoms with Crippen LogP contribution in [0.2, 0.25) is 18.1 Å². The lowest BCUT2D eigenvalue weighted by Crippen LogP contribution is -2.58. The number of hydrogen-bond donors (Lipinski definition) is 1. The van der Waals surface area contributed by atoms with E-state index < -0.39 is 50.5 Å². The number of anilines is 1. The van der Waals surface area contributed by atoms with Gasteiger partial charge in [0.2, 0.25) is 11.8 Å². The first kappa shape index (κ1) is 62.8. The second-order valence-corrected chi connectivity index (χ2v) is 30.0. The maximum absolute atomic E-state index is 15.2. The van der Waals surface area contributed by atoms with Gasteiger partial charge in [-0.25, -0.2) is 14.7 Å². The monoisotopic (exact) mass is 1200 g/mol. The molecule has 1 unspecified atom stereocenters. The highest BCUT2D eigenvalue weighted by molar-refractivity contribution is 6.74. The molecular weight excluding hydrogens is 1110 g/mol. The molecule has 1 spiro atoms. The molecule has 1 N–H and O–H groups in total. The van der Waals surface area contributed by atoms with Crippen LogP contribution in [0.5, 0.6) is 28.9 Å². The predicted molar refractivity (Wildman–Crippen MR) is 326 cm³/mol. The van der Waals surface area contributed by atoms with E-state index in [1.165, 1.54) is 18.1 Å². The molecule has 5 aliphatic rings. The van der Waals surface area contributed by atoms with Gasteiger partial charge in [0.15, 0.2) is 43.3 Å². The summed E-state index contributed by atoms with van der Waals surface area (Å²) in [6, 6.07) is 16.6. The zero-order valence-electron chi connectivity index (χ0n) is 51.6. The van der Waals surface area contributed by atoms with Gasteiger partial charge in [-0.15, -0.1) is 0 Å².